The number of hydrogen-bond donors (Lipinski definition) is 2. The molecule has 2 aromatic carbocycles. The highest BCUT2D eigenvalue weighted by Crippen LogP contribution is 2.29. The number of phenolic OH excluding ortho intramolecular Hbond substituents is 1. The first kappa shape index (κ1) is 22.4. The second-order valence-electron chi connectivity index (χ2n) is 7.45. The minimum atomic E-state index is -0.946. The third kappa shape index (κ3) is 6.06. The van der Waals surface area contributed by atoms with Gasteiger partial charge in [-0.25, -0.2) is 4.79 Å². The van der Waals surface area contributed by atoms with Crippen molar-refractivity contribution in [1.82, 2.24) is 0 Å². The normalized spacial score (nSPS) is 11.9. The number of nitrogens with two attached hydrogens (primary N) is 1. The van der Waals surface area contributed by atoms with Gasteiger partial charge in [0.05, 0.1) is 0 Å². The van der Waals surface area contributed by atoms with Crippen LogP contribution in [0.25, 0.3) is 0 Å². The smallest absolute Gasteiger partial charge is 0.344 e. The zero-order valence-electron chi connectivity index (χ0n) is 17.4. The SMILES string of the molecule is Cc1cc(OCC(=O)OC(C=O)CN)cc(C)c1Cc1ccc(O)c(C(C)C)c1. The minimum Gasteiger partial charge on any atom is -0.508 e. The molecule has 3 N–H and O–H groups in total. The summed E-state index contributed by atoms with van der Waals surface area (Å²) in [6.45, 7) is 7.74. The van der Waals surface area contributed by atoms with Gasteiger partial charge < -0.3 is 20.3 Å². The van der Waals surface area contributed by atoms with Crippen LogP contribution in [0, 0.1) is 13.8 Å². The van der Waals surface area contributed by atoms with Gasteiger partial charge in [0.2, 0.25) is 0 Å². The van der Waals surface area contributed by atoms with Crippen LogP contribution in [-0.4, -0.2) is 36.6 Å². The Morgan fingerprint density at radius 2 is 1.83 bits per heavy atom. The summed E-state index contributed by atoms with van der Waals surface area (Å²) in [6, 6.07) is 9.47. The van der Waals surface area contributed by atoms with Crippen LogP contribution in [-0.2, 0) is 20.7 Å². The molecule has 0 saturated carbocycles. The fourth-order valence-electron chi connectivity index (χ4n) is 3.17. The summed E-state index contributed by atoms with van der Waals surface area (Å²) in [5.41, 5.74) is 10.6. The Morgan fingerprint density at radius 1 is 1.17 bits per heavy atom. The number of rotatable bonds is 9. The number of hydrogen-bond acceptors (Lipinski definition) is 6. The van der Waals surface area contributed by atoms with Crippen LogP contribution in [0.3, 0.4) is 0 Å². The Morgan fingerprint density at radius 3 is 2.38 bits per heavy atom. The summed E-state index contributed by atoms with van der Waals surface area (Å²) in [4.78, 5) is 22.4. The Kier molecular flexibility index (Phi) is 7.79. The van der Waals surface area contributed by atoms with E-state index in [0.717, 1.165) is 28.7 Å². The largest absolute Gasteiger partial charge is 0.508 e. The molecule has 2 rings (SSSR count). The lowest BCUT2D eigenvalue weighted by Gasteiger charge is -2.16. The van der Waals surface area contributed by atoms with E-state index < -0.39 is 12.1 Å². The second kappa shape index (κ2) is 10.1. The monoisotopic (exact) mass is 399 g/mol. The first-order valence-corrected chi connectivity index (χ1v) is 9.64. The third-order valence-corrected chi connectivity index (χ3v) is 4.79. The van der Waals surface area contributed by atoms with Crippen LogP contribution in [0.2, 0.25) is 0 Å². The summed E-state index contributed by atoms with van der Waals surface area (Å²) in [6.07, 6.45) is 0.282. The van der Waals surface area contributed by atoms with E-state index in [1.807, 2.05) is 38.1 Å². The zero-order chi connectivity index (χ0) is 21.6. The van der Waals surface area contributed by atoms with Crippen molar-refractivity contribution in [2.24, 2.45) is 5.73 Å². The lowest BCUT2D eigenvalue weighted by molar-refractivity contribution is -0.153. The van der Waals surface area contributed by atoms with Gasteiger partial charge in [-0.05, 0) is 72.2 Å². The molecule has 156 valence electrons. The average Bonchev–Trinajstić information content (AvgIpc) is 2.68. The van der Waals surface area contributed by atoms with Gasteiger partial charge in [-0.15, -0.1) is 0 Å². The lowest BCUT2D eigenvalue weighted by Crippen LogP contribution is -2.30. The molecule has 0 aliphatic heterocycles. The van der Waals surface area contributed by atoms with Crippen LogP contribution in [0.15, 0.2) is 30.3 Å². The summed E-state index contributed by atoms with van der Waals surface area (Å²) >= 11 is 0. The molecule has 1 atom stereocenters. The van der Waals surface area contributed by atoms with E-state index in [1.54, 1.807) is 6.07 Å². The molecule has 1 unspecified atom stereocenters. The van der Waals surface area contributed by atoms with Crippen molar-refractivity contribution in [3.63, 3.8) is 0 Å². The molecule has 0 saturated heterocycles. The predicted molar refractivity (Wildman–Crippen MR) is 111 cm³/mol. The molecule has 0 radical (unpaired) electrons. The van der Waals surface area contributed by atoms with E-state index in [-0.39, 0.29) is 19.1 Å². The molecule has 0 spiro atoms. The predicted octanol–water partition coefficient (Wildman–Crippen LogP) is 3.17. The zero-order valence-corrected chi connectivity index (χ0v) is 17.4. The van der Waals surface area contributed by atoms with Crippen molar-refractivity contribution in [3.8, 4) is 11.5 Å². The summed E-state index contributed by atoms with van der Waals surface area (Å²) < 4.78 is 10.4. The van der Waals surface area contributed by atoms with Gasteiger partial charge in [0.1, 0.15) is 11.5 Å². The Labute approximate surface area is 171 Å². The molecule has 0 aromatic heterocycles. The Hall–Kier alpha value is -2.86. The van der Waals surface area contributed by atoms with Crippen LogP contribution in [0.4, 0.5) is 0 Å². The number of carbonyl (C=O) groups is 2. The van der Waals surface area contributed by atoms with E-state index in [9.17, 15) is 14.7 Å². The molecule has 6 heteroatoms. The quantitative estimate of drug-likeness (QED) is 0.496. The topological polar surface area (TPSA) is 98.9 Å². The van der Waals surface area contributed by atoms with Crippen molar-refractivity contribution in [2.45, 2.75) is 46.1 Å². The van der Waals surface area contributed by atoms with Gasteiger partial charge in [0.15, 0.2) is 19.0 Å². The average molecular weight is 399 g/mol. The summed E-state index contributed by atoms with van der Waals surface area (Å²) in [5, 5.41) is 10.0. The van der Waals surface area contributed by atoms with E-state index in [2.05, 4.69) is 13.8 Å². The fourth-order valence-corrected chi connectivity index (χ4v) is 3.17. The molecule has 0 bridgehead atoms. The summed E-state index contributed by atoms with van der Waals surface area (Å²) in [7, 11) is 0. The van der Waals surface area contributed by atoms with Crippen molar-refractivity contribution >= 4 is 12.3 Å². The van der Waals surface area contributed by atoms with E-state index in [4.69, 9.17) is 15.2 Å². The first-order valence-electron chi connectivity index (χ1n) is 9.64. The number of aldehydes is 1. The second-order valence-corrected chi connectivity index (χ2v) is 7.45. The van der Waals surface area contributed by atoms with Gasteiger partial charge in [-0.2, -0.15) is 0 Å². The van der Waals surface area contributed by atoms with E-state index in [0.29, 0.717) is 17.8 Å². The molecule has 29 heavy (non-hydrogen) atoms. The molecule has 0 fully saturated rings. The first-order chi connectivity index (χ1) is 13.7. The summed E-state index contributed by atoms with van der Waals surface area (Å²) in [5.74, 6) is 0.479. The minimum absolute atomic E-state index is 0.0576. The van der Waals surface area contributed by atoms with Crippen LogP contribution < -0.4 is 10.5 Å². The van der Waals surface area contributed by atoms with Crippen LogP contribution >= 0.6 is 0 Å². The Bertz CT molecular complexity index is 853. The molecule has 6 nitrogen and oxygen atoms in total. The van der Waals surface area contributed by atoms with Crippen molar-refractivity contribution in [3.05, 3.63) is 58.1 Å². The molecule has 0 amide bonds. The van der Waals surface area contributed by atoms with Crippen LogP contribution in [0.1, 0.15) is 47.6 Å². The van der Waals surface area contributed by atoms with Gasteiger partial charge >= 0.3 is 5.97 Å². The Balaban J connectivity index is 2.10. The van der Waals surface area contributed by atoms with Gasteiger partial charge in [0.25, 0.3) is 0 Å². The molecule has 0 aliphatic rings. The van der Waals surface area contributed by atoms with Crippen molar-refractivity contribution < 1.29 is 24.2 Å². The number of ether oxygens (including phenoxy) is 2. The van der Waals surface area contributed by atoms with Crippen LogP contribution in [0.5, 0.6) is 11.5 Å². The molecular weight excluding hydrogens is 370 g/mol. The maximum Gasteiger partial charge on any atom is 0.344 e. The van der Waals surface area contributed by atoms with Crippen molar-refractivity contribution in [2.75, 3.05) is 13.2 Å². The molecule has 0 aliphatic carbocycles. The van der Waals surface area contributed by atoms with E-state index in [1.165, 1.54) is 5.56 Å². The highest BCUT2D eigenvalue weighted by atomic mass is 16.6. The maximum atomic E-state index is 11.8. The molecule has 0 heterocycles. The van der Waals surface area contributed by atoms with Crippen molar-refractivity contribution in [1.29, 1.82) is 0 Å². The highest BCUT2D eigenvalue weighted by molar-refractivity contribution is 5.74. The third-order valence-electron chi connectivity index (χ3n) is 4.79. The fraction of sp³-hybridized carbons (Fsp3) is 0.391. The molecule has 2 aromatic rings. The lowest BCUT2D eigenvalue weighted by atomic mass is 9.93. The number of benzene rings is 2. The van der Waals surface area contributed by atoms with E-state index >= 15 is 0 Å². The number of carbonyl (C=O) groups excluding carboxylic acids is 2. The number of aromatic hydroxyl groups is 1. The maximum absolute atomic E-state index is 11.8. The number of esters is 1. The number of phenols is 1. The highest BCUT2D eigenvalue weighted by Gasteiger charge is 2.14. The van der Waals surface area contributed by atoms with Gasteiger partial charge in [0, 0.05) is 6.54 Å². The van der Waals surface area contributed by atoms with Gasteiger partial charge in [-0.3, -0.25) is 4.79 Å². The molecular formula is C23H29NO5. The standard InChI is InChI=1S/C23H29NO5/c1-14(2)20-9-17(5-6-22(20)26)10-21-15(3)7-18(8-16(21)4)28-13-23(27)29-19(11-24)12-25/h5-9,12,14,19,26H,10-11,13,24H2,1-4H3. The number of aryl methyl sites for hydroxylation is 2. The van der Waals surface area contributed by atoms with Gasteiger partial charge in [-0.1, -0.05) is 26.0 Å².